The molecule has 0 bridgehead atoms. The van der Waals surface area contributed by atoms with Crippen LogP contribution in [0.3, 0.4) is 0 Å². The number of carbonyl (C=O) groups excluding carboxylic acids is 1. The van der Waals surface area contributed by atoms with Crippen molar-refractivity contribution in [3.63, 3.8) is 0 Å². The van der Waals surface area contributed by atoms with E-state index in [1.165, 1.54) is 18.3 Å². The summed E-state index contributed by atoms with van der Waals surface area (Å²) in [6.45, 7) is 6.32. The summed E-state index contributed by atoms with van der Waals surface area (Å²) >= 11 is 0. The third-order valence-electron chi connectivity index (χ3n) is 4.10. The summed E-state index contributed by atoms with van der Waals surface area (Å²) in [5.41, 5.74) is 1.04. The van der Waals surface area contributed by atoms with E-state index in [1.807, 2.05) is 26.8 Å². The number of ether oxygens (including phenoxy) is 2. The standard InChI is InChI=1S/C21H22F2N2O3/c1-21(2,3)28-20(26)25-12-9-14(10-13-25)15-6-5-11-24-19(15)27-17-8-4-7-16(22)18(17)23/h4-9,11H,10,12-13H2,1-3H3. The number of rotatable bonds is 3. The van der Waals surface area contributed by atoms with Crippen LogP contribution in [0.5, 0.6) is 11.6 Å². The van der Waals surface area contributed by atoms with E-state index in [9.17, 15) is 13.6 Å². The zero-order valence-corrected chi connectivity index (χ0v) is 16.0. The molecule has 0 saturated heterocycles. The van der Waals surface area contributed by atoms with Gasteiger partial charge >= 0.3 is 6.09 Å². The molecule has 148 valence electrons. The van der Waals surface area contributed by atoms with Crippen LogP contribution in [-0.2, 0) is 4.74 Å². The van der Waals surface area contributed by atoms with Crippen molar-refractivity contribution in [3.8, 4) is 11.6 Å². The van der Waals surface area contributed by atoms with Gasteiger partial charge in [-0.3, -0.25) is 0 Å². The van der Waals surface area contributed by atoms with E-state index < -0.39 is 17.2 Å². The lowest BCUT2D eigenvalue weighted by molar-refractivity contribution is 0.0270. The minimum atomic E-state index is -1.06. The van der Waals surface area contributed by atoms with Crippen molar-refractivity contribution in [3.05, 3.63) is 59.8 Å². The Morgan fingerprint density at radius 3 is 2.64 bits per heavy atom. The van der Waals surface area contributed by atoms with Crippen molar-refractivity contribution in [1.29, 1.82) is 0 Å². The molecule has 2 aromatic rings. The summed E-state index contributed by atoms with van der Waals surface area (Å²) in [6.07, 6.45) is 3.60. The van der Waals surface area contributed by atoms with Gasteiger partial charge in [0.15, 0.2) is 11.6 Å². The fourth-order valence-electron chi connectivity index (χ4n) is 2.79. The first kappa shape index (κ1) is 19.8. The SMILES string of the molecule is CC(C)(C)OC(=O)N1CC=C(c2cccnc2Oc2cccc(F)c2F)CC1. The van der Waals surface area contributed by atoms with Crippen molar-refractivity contribution in [1.82, 2.24) is 9.88 Å². The number of nitrogens with zero attached hydrogens (tertiary/aromatic N) is 2. The van der Waals surface area contributed by atoms with Gasteiger partial charge in [0, 0.05) is 24.8 Å². The zero-order valence-electron chi connectivity index (χ0n) is 16.0. The number of hydrogen-bond acceptors (Lipinski definition) is 4. The fraction of sp³-hybridized carbons (Fsp3) is 0.333. The average molecular weight is 388 g/mol. The molecule has 0 radical (unpaired) electrons. The van der Waals surface area contributed by atoms with Crippen LogP contribution in [0.15, 0.2) is 42.6 Å². The number of amides is 1. The average Bonchev–Trinajstić information content (AvgIpc) is 2.65. The minimum Gasteiger partial charge on any atom is -0.444 e. The molecule has 5 nitrogen and oxygen atoms in total. The summed E-state index contributed by atoms with van der Waals surface area (Å²) in [5.74, 6) is -2.09. The quantitative estimate of drug-likeness (QED) is 0.727. The van der Waals surface area contributed by atoms with Gasteiger partial charge in [-0.15, -0.1) is 0 Å². The Hall–Kier alpha value is -2.96. The van der Waals surface area contributed by atoms with Crippen molar-refractivity contribution in [2.75, 3.05) is 13.1 Å². The minimum absolute atomic E-state index is 0.184. The lowest BCUT2D eigenvalue weighted by Gasteiger charge is -2.29. The molecule has 0 N–H and O–H groups in total. The maximum Gasteiger partial charge on any atom is 0.410 e. The molecular formula is C21H22F2N2O3. The largest absolute Gasteiger partial charge is 0.444 e. The highest BCUT2D eigenvalue weighted by molar-refractivity contribution is 5.74. The van der Waals surface area contributed by atoms with Gasteiger partial charge in [-0.1, -0.05) is 12.1 Å². The molecule has 28 heavy (non-hydrogen) atoms. The van der Waals surface area contributed by atoms with Crippen molar-refractivity contribution in [2.45, 2.75) is 32.8 Å². The van der Waals surface area contributed by atoms with Crippen LogP contribution < -0.4 is 4.74 Å². The van der Waals surface area contributed by atoms with Gasteiger partial charge in [-0.2, -0.15) is 4.39 Å². The predicted molar refractivity (Wildman–Crippen MR) is 101 cm³/mol. The van der Waals surface area contributed by atoms with Gasteiger partial charge in [-0.25, -0.2) is 14.2 Å². The van der Waals surface area contributed by atoms with E-state index in [0.29, 0.717) is 25.1 Å². The zero-order chi connectivity index (χ0) is 20.3. The second-order valence-electron chi connectivity index (χ2n) is 7.42. The van der Waals surface area contributed by atoms with Gasteiger partial charge in [0.25, 0.3) is 0 Å². The molecule has 1 aromatic carbocycles. The van der Waals surface area contributed by atoms with Crippen molar-refractivity contribution >= 4 is 11.7 Å². The Bertz CT molecular complexity index is 907. The number of benzene rings is 1. The number of carbonyl (C=O) groups is 1. The maximum absolute atomic E-state index is 13.9. The third-order valence-corrected chi connectivity index (χ3v) is 4.10. The van der Waals surface area contributed by atoms with Crippen molar-refractivity contribution < 1.29 is 23.0 Å². The first-order chi connectivity index (χ1) is 13.2. The molecule has 0 aliphatic carbocycles. The highest BCUT2D eigenvalue weighted by Crippen LogP contribution is 2.33. The number of pyridine rings is 1. The molecule has 0 saturated carbocycles. The second kappa shape index (κ2) is 7.96. The van der Waals surface area contributed by atoms with E-state index in [-0.39, 0.29) is 17.7 Å². The fourth-order valence-corrected chi connectivity index (χ4v) is 2.79. The van der Waals surface area contributed by atoms with Crippen LogP contribution >= 0.6 is 0 Å². The van der Waals surface area contributed by atoms with Crippen LogP contribution in [0.4, 0.5) is 13.6 Å². The Kier molecular flexibility index (Phi) is 5.63. The summed E-state index contributed by atoms with van der Waals surface area (Å²) in [4.78, 5) is 18.0. The van der Waals surface area contributed by atoms with Crippen molar-refractivity contribution in [2.24, 2.45) is 0 Å². The van der Waals surface area contributed by atoms with E-state index in [2.05, 4.69) is 4.98 Å². The molecule has 0 fully saturated rings. The normalized spacial score (nSPS) is 14.5. The Labute approximate surface area is 162 Å². The topological polar surface area (TPSA) is 51.7 Å². The predicted octanol–water partition coefficient (Wildman–Crippen LogP) is 5.18. The molecule has 2 heterocycles. The van der Waals surface area contributed by atoms with Crippen LogP contribution in [0.1, 0.15) is 32.8 Å². The molecule has 0 unspecified atom stereocenters. The highest BCUT2D eigenvalue weighted by atomic mass is 19.2. The van der Waals surface area contributed by atoms with Crippen LogP contribution in [0.25, 0.3) is 5.57 Å². The van der Waals surface area contributed by atoms with Gasteiger partial charge < -0.3 is 14.4 Å². The summed E-state index contributed by atoms with van der Waals surface area (Å²) < 4.78 is 38.3. The number of aromatic nitrogens is 1. The number of halogens is 2. The van der Waals surface area contributed by atoms with Crippen LogP contribution in [0.2, 0.25) is 0 Å². The molecular weight excluding hydrogens is 366 g/mol. The van der Waals surface area contributed by atoms with Gasteiger partial charge in [-0.05, 0) is 57.0 Å². The van der Waals surface area contributed by atoms with E-state index in [1.54, 1.807) is 17.0 Å². The van der Waals surface area contributed by atoms with E-state index in [0.717, 1.165) is 11.6 Å². The lowest BCUT2D eigenvalue weighted by atomic mass is 10.0. The monoisotopic (exact) mass is 388 g/mol. The highest BCUT2D eigenvalue weighted by Gasteiger charge is 2.25. The van der Waals surface area contributed by atoms with Gasteiger partial charge in [0.1, 0.15) is 5.60 Å². The first-order valence-corrected chi connectivity index (χ1v) is 8.99. The molecule has 7 heteroatoms. The van der Waals surface area contributed by atoms with Gasteiger partial charge in [0.2, 0.25) is 11.7 Å². The Morgan fingerprint density at radius 2 is 1.96 bits per heavy atom. The summed E-state index contributed by atoms with van der Waals surface area (Å²) in [7, 11) is 0. The molecule has 0 atom stereocenters. The summed E-state index contributed by atoms with van der Waals surface area (Å²) in [6, 6.07) is 7.28. The molecule has 0 spiro atoms. The first-order valence-electron chi connectivity index (χ1n) is 8.99. The van der Waals surface area contributed by atoms with Crippen LogP contribution in [0, 0.1) is 11.6 Å². The molecule has 3 rings (SSSR count). The maximum atomic E-state index is 13.9. The summed E-state index contributed by atoms with van der Waals surface area (Å²) in [5, 5.41) is 0. The smallest absolute Gasteiger partial charge is 0.410 e. The molecule has 1 aliphatic rings. The number of hydrogen-bond donors (Lipinski definition) is 0. The Morgan fingerprint density at radius 1 is 1.18 bits per heavy atom. The molecule has 1 amide bonds. The Balaban J connectivity index is 1.78. The molecule has 1 aliphatic heterocycles. The second-order valence-corrected chi connectivity index (χ2v) is 7.42. The van der Waals surface area contributed by atoms with E-state index in [4.69, 9.17) is 9.47 Å². The third kappa shape index (κ3) is 4.65. The van der Waals surface area contributed by atoms with Crippen LogP contribution in [-0.4, -0.2) is 34.7 Å². The lowest BCUT2D eigenvalue weighted by Crippen LogP contribution is -2.39. The molecule has 1 aromatic heterocycles. The van der Waals surface area contributed by atoms with E-state index >= 15 is 0 Å². The van der Waals surface area contributed by atoms with Gasteiger partial charge in [0.05, 0.1) is 0 Å².